The first-order chi connectivity index (χ1) is 6.61. The monoisotopic (exact) mass is 195 g/mol. The molecular weight excluding hydrogens is 178 g/mol. The van der Waals surface area contributed by atoms with Crippen LogP contribution in [0.5, 0.6) is 0 Å². The van der Waals surface area contributed by atoms with Gasteiger partial charge < -0.3 is 10.3 Å². The van der Waals surface area contributed by atoms with Crippen LogP contribution in [0, 0.1) is 6.92 Å². The average molecular weight is 195 g/mol. The second-order valence-electron chi connectivity index (χ2n) is 3.51. The molecule has 0 spiro atoms. The largest absolute Gasteiger partial charge is 0.309 e. The molecule has 0 amide bonds. The van der Waals surface area contributed by atoms with E-state index in [4.69, 9.17) is 5.84 Å². The summed E-state index contributed by atoms with van der Waals surface area (Å²) in [6.45, 7) is 2.87. The first-order valence-electron chi connectivity index (χ1n) is 4.57. The minimum absolute atomic E-state index is 0.672. The van der Waals surface area contributed by atoms with E-state index < -0.39 is 0 Å². The van der Waals surface area contributed by atoms with Gasteiger partial charge in [-0.25, -0.2) is 15.8 Å². The van der Waals surface area contributed by atoms with Crippen LogP contribution in [0.4, 0.5) is 5.82 Å². The predicted octanol–water partition coefficient (Wildman–Crippen LogP) is 0.175. The molecule has 0 aliphatic rings. The topological polar surface area (TPSA) is 67.1 Å². The molecule has 0 atom stereocenters. The summed E-state index contributed by atoms with van der Waals surface area (Å²) >= 11 is 0. The Hall–Kier alpha value is -1.20. The number of aromatic nitrogens is 2. The maximum Gasteiger partial charge on any atom is 0.143 e. The van der Waals surface area contributed by atoms with Crippen LogP contribution in [0.15, 0.2) is 6.07 Å². The quantitative estimate of drug-likeness (QED) is 0.529. The fourth-order valence-corrected chi connectivity index (χ4v) is 1.14. The molecule has 0 radical (unpaired) electrons. The number of aryl methyl sites for hydroxylation is 1. The lowest BCUT2D eigenvalue weighted by Crippen LogP contribution is -2.17. The molecule has 3 N–H and O–H groups in total. The molecule has 0 saturated heterocycles. The van der Waals surface area contributed by atoms with Gasteiger partial charge in [-0.05, 0) is 21.0 Å². The maximum atomic E-state index is 5.29. The Balaban J connectivity index is 2.71. The van der Waals surface area contributed by atoms with E-state index in [-0.39, 0.29) is 0 Å². The lowest BCUT2D eigenvalue weighted by Gasteiger charge is -2.09. The summed E-state index contributed by atoms with van der Waals surface area (Å²) in [6.07, 6.45) is 0.837. The van der Waals surface area contributed by atoms with Crippen molar-refractivity contribution in [1.82, 2.24) is 14.9 Å². The van der Waals surface area contributed by atoms with Gasteiger partial charge in [0.15, 0.2) is 0 Å². The summed E-state index contributed by atoms with van der Waals surface area (Å²) in [6, 6.07) is 1.82. The van der Waals surface area contributed by atoms with Crippen molar-refractivity contribution in [3.8, 4) is 0 Å². The predicted molar refractivity (Wildman–Crippen MR) is 56.8 cm³/mol. The van der Waals surface area contributed by atoms with Crippen LogP contribution in [-0.2, 0) is 6.42 Å². The van der Waals surface area contributed by atoms with Crippen molar-refractivity contribution < 1.29 is 0 Å². The molecule has 0 aliphatic carbocycles. The van der Waals surface area contributed by atoms with Crippen molar-refractivity contribution >= 4 is 5.82 Å². The van der Waals surface area contributed by atoms with E-state index in [2.05, 4.69) is 20.3 Å². The number of anilines is 1. The van der Waals surface area contributed by atoms with E-state index in [0.717, 1.165) is 24.5 Å². The van der Waals surface area contributed by atoms with Crippen LogP contribution in [0.2, 0.25) is 0 Å². The molecule has 0 aromatic carbocycles. The smallest absolute Gasteiger partial charge is 0.143 e. The molecule has 1 rings (SSSR count). The maximum absolute atomic E-state index is 5.29. The number of rotatable bonds is 4. The Labute approximate surface area is 84.3 Å². The molecule has 78 valence electrons. The molecule has 0 aliphatic heterocycles. The number of nitrogens with two attached hydrogens (primary N) is 1. The standard InChI is InChI=1S/C9H17N5/c1-7-6-9(13-10)12-8(11-7)4-5-14(2)3/h6H,4-5,10H2,1-3H3,(H,11,12,13). The van der Waals surface area contributed by atoms with E-state index >= 15 is 0 Å². The second-order valence-corrected chi connectivity index (χ2v) is 3.51. The molecule has 5 heteroatoms. The van der Waals surface area contributed by atoms with Crippen LogP contribution >= 0.6 is 0 Å². The van der Waals surface area contributed by atoms with Gasteiger partial charge in [-0.1, -0.05) is 0 Å². The molecule has 0 fully saturated rings. The Morgan fingerprint density at radius 3 is 2.71 bits per heavy atom. The lowest BCUT2D eigenvalue weighted by atomic mass is 10.3. The number of hydrazine groups is 1. The van der Waals surface area contributed by atoms with Crippen LogP contribution < -0.4 is 11.3 Å². The normalized spacial score (nSPS) is 10.6. The summed E-state index contributed by atoms with van der Waals surface area (Å²) in [4.78, 5) is 10.7. The fourth-order valence-electron chi connectivity index (χ4n) is 1.14. The van der Waals surface area contributed by atoms with Crippen molar-refractivity contribution in [3.05, 3.63) is 17.6 Å². The Morgan fingerprint density at radius 1 is 1.43 bits per heavy atom. The third-order valence-electron chi connectivity index (χ3n) is 1.83. The highest BCUT2D eigenvalue weighted by Crippen LogP contribution is 2.04. The van der Waals surface area contributed by atoms with Crippen molar-refractivity contribution in [2.24, 2.45) is 5.84 Å². The molecule has 5 nitrogen and oxygen atoms in total. The summed E-state index contributed by atoms with van der Waals surface area (Å²) < 4.78 is 0. The van der Waals surface area contributed by atoms with E-state index in [1.807, 2.05) is 27.1 Å². The zero-order chi connectivity index (χ0) is 10.6. The van der Waals surface area contributed by atoms with E-state index in [9.17, 15) is 0 Å². The molecule has 1 aromatic rings. The molecule has 0 unspecified atom stereocenters. The molecular formula is C9H17N5. The first kappa shape index (κ1) is 10.9. The molecule has 0 saturated carbocycles. The molecule has 1 aromatic heterocycles. The van der Waals surface area contributed by atoms with Gasteiger partial charge in [0.05, 0.1) is 0 Å². The van der Waals surface area contributed by atoms with E-state index in [1.165, 1.54) is 0 Å². The Kier molecular flexibility index (Phi) is 3.79. The van der Waals surface area contributed by atoms with Gasteiger partial charge in [0.2, 0.25) is 0 Å². The molecule has 14 heavy (non-hydrogen) atoms. The number of nitrogens with zero attached hydrogens (tertiary/aromatic N) is 3. The summed E-state index contributed by atoms with van der Waals surface area (Å²) in [7, 11) is 4.05. The number of hydrogen-bond donors (Lipinski definition) is 2. The third-order valence-corrected chi connectivity index (χ3v) is 1.83. The van der Waals surface area contributed by atoms with Gasteiger partial charge in [0.1, 0.15) is 11.6 Å². The number of nitrogen functional groups attached to an aromatic ring is 1. The molecule has 0 bridgehead atoms. The van der Waals surface area contributed by atoms with Gasteiger partial charge in [0, 0.05) is 24.7 Å². The van der Waals surface area contributed by atoms with Crippen molar-refractivity contribution in [2.45, 2.75) is 13.3 Å². The second kappa shape index (κ2) is 4.88. The van der Waals surface area contributed by atoms with Crippen LogP contribution in [0.3, 0.4) is 0 Å². The first-order valence-corrected chi connectivity index (χ1v) is 4.57. The van der Waals surface area contributed by atoms with Crippen LogP contribution in [0.25, 0.3) is 0 Å². The summed E-state index contributed by atoms with van der Waals surface area (Å²) in [5.74, 6) is 6.79. The van der Waals surface area contributed by atoms with E-state index in [1.54, 1.807) is 0 Å². The minimum Gasteiger partial charge on any atom is -0.309 e. The van der Waals surface area contributed by atoms with Crippen LogP contribution in [0.1, 0.15) is 11.5 Å². The number of hydrogen-bond acceptors (Lipinski definition) is 5. The highest BCUT2D eigenvalue weighted by Gasteiger charge is 2.01. The van der Waals surface area contributed by atoms with Gasteiger partial charge in [-0.3, -0.25) is 0 Å². The summed E-state index contributed by atoms with van der Waals surface area (Å²) in [5, 5.41) is 0. The fraction of sp³-hybridized carbons (Fsp3) is 0.556. The zero-order valence-electron chi connectivity index (χ0n) is 8.91. The Morgan fingerprint density at radius 2 is 2.14 bits per heavy atom. The van der Waals surface area contributed by atoms with Gasteiger partial charge in [-0.2, -0.15) is 0 Å². The molecule has 1 heterocycles. The number of nitrogens with one attached hydrogen (secondary N) is 1. The Bertz CT molecular complexity index is 297. The zero-order valence-corrected chi connectivity index (χ0v) is 8.91. The number of likely N-dealkylation sites (N-methyl/N-ethyl adjacent to an activating group) is 1. The highest BCUT2D eigenvalue weighted by atomic mass is 15.3. The van der Waals surface area contributed by atoms with Gasteiger partial charge in [0.25, 0.3) is 0 Å². The minimum atomic E-state index is 0.672. The van der Waals surface area contributed by atoms with Gasteiger partial charge in [-0.15, -0.1) is 0 Å². The van der Waals surface area contributed by atoms with Crippen molar-refractivity contribution in [3.63, 3.8) is 0 Å². The average Bonchev–Trinajstić information content (AvgIpc) is 2.14. The van der Waals surface area contributed by atoms with Crippen LogP contribution in [-0.4, -0.2) is 35.5 Å². The van der Waals surface area contributed by atoms with Gasteiger partial charge >= 0.3 is 0 Å². The van der Waals surface area contributed by atoms with Crippen molar-refractivity contribution in [1.29, 1.82) is 0 Å². The van der Waals surface area contributed by atoms with Crippen molar-refractivity contribution in [2.75, 3.05) is 26.1 Å². The SMILES string of the molecule is Cc1cc(NN)nc(CCN(C)C)n1. The van der Waals surface area contributed by atoms with E-state index in [0.29, 0.717) is 5.82 Å². The third kappa shape index (κ3) is 3.27. The lowest BCUT2D eigenvalue weighted by molar-refractivity contribution is 0.409. The highest BCUT2D eigenvalue weighted by molar-refractivity contribution is 5.33. The summed E-state index contributed by atoms with van der Waals surface area (Å²) in [5.41, 5.74) is 3.46.